The Labute approximate surface area is 282 Å². The highest BCUT2D eigenvalue weighted by Crippen LogP contribution is 2.50. The maximum Gasteiger partial charge on any atom is 0.135 e. The van der Waals surface area contributed by atoms with Crippen molar-refractivity contribution in [2.24, 2.45) is 0 Å². The Bertz CT molecular complexity index is 2950. The van der Waals surface area contributed by atoms with Gasteiger partial charge in [-0.3, -0.25) is 0 Å². The average molecular weight is 625 g/mol. The molecule has 49 heavy (non-hydrogen) atoms. The molecule has 10 aromatic rings. The highest BCUT2D eigenvalue weighted by molar-refractivity contribution is 6.26. The van der Waals surface area contributed by atoms with Crippen molar-refractivity contribution in [1.29, 1.82) is 0 Å². The van der Waals surface area contributed by atoms with Gasteiger partial charge in [-0.1, -0.05) is 109 Å². The zero-order valence-electron chi connectivity index (χ0n) is 26.5. The van der Waals surface area contributed by atoms with Gasteiger partial charge in [0.05, 0.1) is 22.1 Å². The van der Waals surface area contributed by atoms with Gasteiger partial charge in [-0.15, -0.1) is 0 Å². The zero-order valence-corrected chi connectivity index (χ0v) is 26.5. The van der Waals surface area contributed by atoms with E-state index in [0.717, 1.165) is 28.4 Å². The molecule has 3 nitrogen and oxygen atoms in total. The molecule has 1 aliphatic heterocycles. The molecule has 0 spiro atoms. The first-order valence-electron chi connectivity index (χ1n) is 16.8. The first kappa shape index (κ1) is 26.5. The third-order valence-electron chi connectivity index (χ3n) is 10.3. The smallest absolute Gasteiger partial charge is 0.135 e. The zero-order chi connectivity index (χ0) is 32.1. The van der Waals surface area contributed by atoms with Crippen molar-refractivity contribution >= 4 is 54.4 Å². The van der Waals surface area contributed by atoms with Gasteiger partial charge in [0.2, 0.25) is 0 Å². The highest BCUT2D eigenvalue weighted by Gasteiger charge is 2.25. The van der Waals surface area contributed by atoms with Crippen LogP contribution in [-0.4, -0.2) is 9.13 Å². The van der Waals surface area contributed by atoms with Crippen molar-refractivity contribution in [3.8, 4) is 45.1 Å². The SMILES string of the molecule is c1ccc(-n2c3ccccc3c3ccc(-c4ccc5c6c7cccc8c7c(cc6n(-c6ccccc6)c5c4)-c4ccccc4O8)cc32)cc1. The van der Waals surface area contributed by atoms with E-state index >= 15 is 0 Å². The van der Waals surface area contributed by atoms with Crippen molar-refractivity contribution in [2.75, 3.05) is 0 Å². The lowest BCUT2D eigenvalue weighted by molar-refractivity contribution is 0.487. The van der Waals surface area contributed by atoms with Gasteiger partial charge in [-0.05, 0) is 82.7 Å². The maximum atomic E-state index is 6.47. The number of fused-ring (bicyclic) bond motifs is 9. The molecule has 0 radical (unpaired) electrons. The van der Waals surface area contributed by atoms with Gasteiger partial charge >= 0.3 is 0 Å². The standard InChI is InChI=1S/C46H28N2O/c1-3-12-31(13-4-1)47-39-19-9-7-16-33(39)34-24-22-29(26-40(34)47)30-23-25-36-41(27-30)48(32-14-5-2-6-15-32)42-28-38-35-17-8-10-20-43(35)49-44-21-11-18-37(45(36)42)46(38)44/h1-28H. The van der Waals surface area contributed by atoms with Crippen LogP contribution in [0, 0.1) is 0 Å². The molecule has 8 aromatic carbocycles. The van der Waals surface area contributed by atoms with E-state index in [-0.39, 0.29) is 0 Å². The summed E-state index contributed by atoms with van der Waals surface area (Å²) in [7, 11) is 0. The number of nitrogens with zero attached hydrogens (tertiary/aromatic N) is 2. The molecule has 0 fully saturated rings. The average Bonchev–Trinajstić information content (AvgIpc) is 3.67. The van der Waals surface area contributed by atoms with Gasteiger partial charge in [0.15, 0.2) is 0 Å². The quantitative estimate of drug-likeness (QED) is 0.191. The van der Waals surface area contributed by atoms with Crippen LogP contribution in [0.15, 0.2) is 170 Å². The predicted octanol–water partition coefficient (Wildman–Crippen LogP) is 12.5. The van der Waals surface area contributed by atoms with E-state index in [0.29, 0.717) is 0 Å². The number of aromatic nitrogens is 2. The van der Waals surface area contributed by atoms with Gasteiger partial charge in [-0.2, -0.15) is 0 Å². The molecule has 1 aliphatic rings. The summed E-state index contributed by atoms with van der Waals surface area (Å²) in [5.41, 5.74) is 11.8. The van der Waals surface area contributed by atoms with Crippen molar-refractivity contribution < 1.29 is 4.74 Å². The van der Waals surface area contributed by atoms with Crippen LogP contribution in [0.1, 0.15) is 0 Å². The molecule has 0 unspecified atom stereocenters. The largest absolute Gasteiger partial charge is 0.456 e. The Kier molecular flexibility index (Phi) is 5.38. The van der Waals surface area contributed by atoms with Crippen molar-refractivity contribution in [3.05, 3.63) is 170 Å². The molecule has 0 aliphatic carbocycles. The lowest BCUT2D eigenvalue weighted by atomic mass is 9.92. The predicted molar refractivity (Wildman–Crippen MR) is 204 cm³/mol. The van der Waals surface area contributed by atoms with Crippen LogP contribution in [0.4, 0.5) is 0 Å². The van der Waals surface area contributed by atoms with Crippen LogP contribution in [0.2, 0.25) is 0 Å². The van der Waals surface area contributed by atoms with Crippen molar-refractivity contribution in [3.63, 3.8) is 0 Å². The van der Waals surface area contributed by atoms with Crippen LogP contribution < -0.4 is 4.74 Å². The lowest BCUT2D eigenvalue weighted by Gasteiger charge is -2.22. The number of rotatable bonds is 3. The fourth-order valence-corrected chi connectivity index (χ4v) is 8.19. The van der Waals surface area contributed by atoms with Crippen LogP contribution >= 0.6 is 0 Å². The van der Waals surface area contributed by atoms with Crippen molar-refractivity contribution in [1.82, 2.24) is 9.13 Å². The van der Waals surface area contributed by atoms with Gasteiger partial charge in [0.25, 0.3) is 0 Å². The minimum Gasteiger partial charge on any atom is -0.456 e. The van der Waals surface area contributed by atoms with Gasteiger partial charge in [0.1, 0.15) is 11.5 Å². The minimum absolute atomic E-state index is 0.898. The number of para-hydroxylation sites is 4. The van der Waals surface area contributed by atoms with E-state index in [1.165, 1.54) is 71.1 Å². The summed E-state index contributed by atoms with van der Waals surface area (Å²) in [6.45, 7) is 0. The molecule has 228 valence electrons. The lowest BCUT2D eigenvalue weighted by Crippen LogP contribution is -1.98. The van der Waals surface area contributed by atoms with Crippen molar-refractivity contribution in [2.45, 2.75) is 0 Å². The molecule has 0 saturated heterocycles. The molecule has 0 amide bonds. The van der Waals surface area contributed by atoms with E-state index in [1.54, 1.807) is 0 Å². The second kappa shape index (κ2) is 9.96. The Hall–Kier alpha value is -6.58. The van der Waals surface area contributed by atoms with Crippen LogP contribution in [0.25, 0.3) is 88.0 Å². The van der Waals surface area contributed by atoms with E-state index in [4.69, 9.17) is 4.74 Å². The number of benzene rings is 8. The highest BCUT2D eigenvalue weighted by atomic mass is 16.5. The molecule has 3 heterocycles. The van der Waals surface area contributed by atoms with Crippen LogP contribution in [-0.2, 0) is 0 Å². The fraction of sp³-hybridized carbons (Fsp3) is 0. The molecule has 0 N–H and O–H groups in total. The van der Waals surface area contributed by atoms with Crippen LogP contribution in [0.3, 0.4) is 0 Å². The molecule has 0 saturated carbocycles. The van der Waals surface area contributed by atoms with Gasteiger partial charge in [-0.25, -0.2) is 0 Å². The first-order chi connectivity index (χ1) is 24.3. The van der Waals surface area contributed by atoms with Crippen LogP contribution in [0.5, 0.6) is 11.5 Å². The van der Waals surface area contributed by atoms with E-state index in [1.807, 2.05) is 6.07 Å². The second-order valence-corrected chi connectivity index (χ2v) is 12.9. The molecule has 0 bridgehead atoms. The molecule has 3 heteroatoms. The van der Waals surface area contributed by atoms with Gasteiger partial charge in [0, 0.05) is 43.9 Å². The Balaban J connectivity index is 1.22. The fourth-order valence-electron chi connectivity index (χ4n) is 8.19. The molecule has 2 aromatic heterocycles. The Morgan fingerprint density at radius 1 is 0.327 bits per heavy atom. The van der Waals surface area contributed by atoms with Gasteiger partial charge < -0.3 is 13.9 Å². The second-order valence-electron chi connectivity index (χ2n) is 12.9. The summed E-state index contributed by atoms with van der Waals surface area (Å²) >= 11 is 0. The summed E-state index contributed by atoms with van der Waals surface area (Å²) in [6, 6.07) is 61.2. The number of hydrogen-bond acceptors (Lipinski definition) is 1. The third kappa shape index (κ3) is 3.73. The van der Waals surface area contributed by atoms with E-state index in [2.05, 4.69) is 173 Å². The molecular formula is C46H28N2O. The molecule has 11 rings (SSSR count). The maximum absolute atomic E-state index is 6.47. The van der Waals surface area contributed by atoms with E-state index < -0.39 is 0 Å². The number of ether oxygens (including phenoxy) is 1. The summed E-state index contributed by atoms with van der Waals surface area (Å²) in [5.74, 6) is 1.81. The number of hydrogen-bond donors (Lipinski definition) is 0. The summed E-state index contributed by atoms with van der Waals surface area (Å²) in [5, 5.41) is 7.37. The normalized spacial score (nSPS) is 12.2. The monoisotopic (exact) mass is 624 g/mol. The minimum atomic E-state index is 0.898. The first-order valence-corrected chi connectivity index (χ1v) is 16.8. The summed E-state index contributed by atoms with van der Waals surface area (Å²) in [6.07, 6.45) is 0. The Morgan fingerprint density at radius 2 is 0.898 bits per heavy atom. The van der Waals surface area contributed by atoms with E-state index in [9.17, 15) is 0 Å². The Morgan fingerprint density at radius 3 is 1.67 bits per heavy atom. The molecular weight excluding hydrogens is 597 g/mol. The summed E-state index contributed by atoms with van der Waals surface area (Å²) in [4.78, 5) is 0. The molecule has 0 atom stereocenters. The topological polar surface area (TPSA) is 19.1 Å². The third-order valence-corrected chi connectivity index (χ3v) is 10.3. The summed E-state index contributed by atoms with van der Waals surface area (Å²) < 4.78 is 11.3.